The minimum atomic E-state index is -0.643. The molecule has 1 aliphatic rings. The van der Waals surface area contributed by atoms with E-state index in [1.165, 1.54) is 16.9 Å². The number of benzene rings is 2. The molecule has 0 saturated carbocycles. The molecule has 1 unspecified atom stereocenters. The van der Waals surface area contributed by atoms with Crippen molar-refractivity contribution in [1.82, 2.24) is 4.57 Å². The zero-order valence-corrected chi connectivity index (χ0v) is 22.1. The Bertz CT molecular complexity index is 1500. The van der Waals surface area contributed by atoms with E-state index in [9.17, 15) is 9.59 Å². The van der Waals surface area contributed by atoms with Crippen LogP contribution in [0.1, 0.15) is 56.3 Å². The van der Waals surface area contributed by atoms with Gasteiger partial charge in [0.25, 0.3) is 5.56 Å². The lowest BCUT2D eigenvalue weighted by Crippen LogP contribution is -2.39. The van der Waals surface area contributed by atoms with Crippen LogP contribution in [-0.4, -0.2) is 31.4 Å². The summed E-state index contributed by atoms with van der Waals surface area (Å²) in [6, 6.07) is 12.8. The van der Waals surface area contributed by atoms with Crippen molar-refractivity contribution >= 4 is 23.4 Å². The summed E-state index contributed by atoms with van der Waals surface area (Å²) in [6.45, 7) is 8.02. The molecule has 2 aromatic carbocycles. The molecule has 2 heterocycles. The van der Waals surface area contributed by atoms with Crippen LogP contribution in [-0.2, 0) is 9.53 Å². The topological polar surface area (TPSA) is 79.1 Å². The highest BCUT2D eigenvalue weighted by atomic mass is 32.1. The molecule has 0 fully saturated rings. The number of carbonyl (C=O) groups is 1. The van der Waals surface area contributed by atoms with Crippen molar-refractivity contribution in [1.29, 1.82) is 0 Å². The summed E-state index contributed by atoms with van der Waals surface area (Å²) in [5.74, 6) is 1.16. The van der Waals surface area contributed by atoms with E-state index in [4.69, 9.17) is 14.2 Å². The average molecular weight is 507 g/mol. The molecule has 0 N–H and O–H groups in total. The Hall–Kier alpha value is -3.65. The summed E-state index contributed by atoms with van der Waals surface area (Å²) < 4.78 is 18.3. The van der Waals surface area contributed by atoms with Gasteiger partial charge in [0.1, 0.15) is 11.5 Å². The van der Waals surface area contributed by atoms with Crippen molar-refractivity contribution in [3.63, 3.8) is 0 Å². The SMILES string of the molecule is CCOC(=O)C1=C(C)N=c2s/c(=C\c3cc(OC)ccc3OC)c(=O)n2C1c1ccc(C(C)C)cc1. The smallest absolute Gasteiger partial charge is 0.338 e. The number of nitrogens with zero attached hydrogens (tertiary/aromatic N) is 2. The van der Waals surface area contributed by atoms with Crippen LogP contribution in [0, 0.1) is 0 Å². The number of aromatic nitrogens is 1. The van der Waals surface area contributed by atoms with E-state index in [2.05, 4.69) is 18.8 Å². The van der Waals surface area contributed by atoms with Crippen molar-refractivity contribution in [2.45, 2.75) is 39.7 Å². The summed E-state index contributed by atoms with van der Waals surface area (Å²) in [6.07, 6.45) is 1.77. The predicted molar refractivity (Wildman–Crippen MR) is 140 cm³/mol. The third-order valence-corrected chi connectivity index (χ3v) is 7.14. The van der Waals surface area contributed by atoms with Gasteiger partial charge in [-0.2, -0.15) is 0 Å². The van der Waals surface area contributed by atoms with Gasteiger partial charge in [-0.25, -0.2) is 9.79 Å². The first kappa shape index (κ1) is 25.4. The second-order valence-corrected chi connectivity index (χ2v) is 9.74. The van der Waals surface area contributed by atoms with Gasteiger partial charge in [0.15, 0.2) is 4.80 Å². The molecule has 8 heteroatoms. The lowest BCUT2D eigenvalue weighted by molar-refractivity contribution is -0.139. The van der Waals surface area contributed by atoms with E-state index in [1.807, 2.05) is 30.3 Å². The average Bonchev–Trinajstić information content (AvgIpc) is 3.17. The Kier molecular flexibility index (Phi) is 7.45. The zero-order chi connectivity index (χ0) is 26.0. The first-order chi connectivity index (χ1) is 17.3. The fourth-order valence-electron chi connectivity index (χ4n) is 4.26. The van der Waals surface area contributed by atoms with Crippen molar-refractivity contribution < 1.29 is 19.0 Å². The second-order valence-electron chi connectivity index (χ2n) is 8.73. The predicted octanol–water partition coefficient (Wildman–Crippen LogP) is 3.94. The molecule has 3 aromatic rings. The number of ether oxygens (including phenoxy) is 3. The van der Waals surface area contributed by atoms with Gasteiger partial charge in [-0.3, -0.25) is 9.36 Å². The number of allylic oxidation sites excluding steroid dienone is 1. The third-order valence-electron chi connectivity index (χ3n) is 6.16. The van der Waals surface area contributed by atoms with E-state index >= 15 is 0 Å². The molecular weight excluding hydrogens is 476 g/mol. The second kappa shape index (κ2) is 10.5. The highest BCUT2D eigenvalue weighted by Crippen LogP contribution is 2.31. The maximum Gasteiger partial charge on any atom is 0.338 e. The molecule has 0 spiro atoms. The summed E-state index contributed by atoms with van der Waals surface area (Å²) in [7, 11) is 3.17. The lowest BCUT2D eigenvalue weighted by atomic mass is 9.93. The number of thiazole rings is 1. The van der Waals surface area contributed by atoms with Crippen LogP contribution in [0.2, 0.25) is 0 Å². The molecule has 36 heavy (non-hydrogen) atoms. The highest BCUT2D eigenvalue weighted by Gasteiger charge is 2.33. The Morgan fingerprint density at radius 2 is 1.86 bits per heavy atom. The first-order valence-corrected chi connectivity index (χ1v) is 12.6. The molecule has 0 bridgehead atoms. The largest absolute Gasteiger partial charge is 0.497 e. The van der Waals surface area contributed by atoms with Crippen LogP contribution >= 0.6 is 11.3 Å². The van der Waals surface area contributed by atoms with Crippen molar-refractivity contribution in [3.8, 4) is 11.5 Å². The number of hydrogen-bond donors (Lipinski definition) is 0. The molecule has 1 aromatic heterocycles. The molecule has 188 valence electrons. The van der Waals surface area contributed by atoms with E-state index in [0.717, 1.165) is 5.56 Å². The quantitative estimate of drug-likeness (QED) is 0.454. The maximum atomic E-state index is 13.8. The van der Waals surface area contributed by atoms with Crippen LogP contribution in [0.15, 0.2) is 63.5 Å². The number of esters is 1. The number of fused-ring (bicyclic) bond motifs is 1. The van der Waals surface area contributed by atoms with Crippen LogP contribution in [0.4, 0.5) is 0 Å². The van der Waals surface area contributed by atoms with Gasteiger partial charge < -0.3 is 14.2 Å². The molecule has 0 saturated heterocycles. The Morgan fingerprint density at radius 1 is 1.14 bits per heavy atom. The Balaban J connectivity index is 1.95. The summed E-state index contributed by atoms with van der Waals surface area (Å²) >= 11 is 1.27. The molecular formula is C28H30N2O5S. The highest BCUT2D eigenvalue weighted by molar-refractivity contribution is 7.07. The van der Waals surface area contributed by atoms with Crippen LogP contribution < -0.4 is 24.4 Å². The van der Waals surface area contributed by atoms with Gasteiger partial charge in [0.2, 0.25) is 0 Å². The number of methoxy groups -OCH3 is 2. The minimum absolute atomic E-state index is 0.231. The Labute approximate surface area is 214 Å². The number of rotatable bonds is 7. The zero-order valence-electron chi connectivity index (χ0n) is 21.3. The molecule has 1 aliphatic heterocycles. The summed E-state index contributed by atoms with van der Waals surface area (Å²) in [4.78, 5) is 32.0. The van der Waals surface area contributed by atoms with Crippen molar-refractivity contribution in [2.24, 2.45) is 4.99 Å². The molecule has 7 nitrogen and oxygen atoms in total. The molecule has 0 amide bonds. The molecule has 1 atom stereocenters. The van der Waals surface area contributed by atoms with Crippen LogP contribution in [0.5, 0.6) is 11.5 Å². The van der Waals surface area contributed by atoms with E-state index < -0.39 is 12.0 Å². The van der Waals surface area contributed by atoms with E-state index in [-0.39, 0.29) is 12.2 Å². The fourth-order valence-corrected chi connectivity index (χ4v) is 5.30. The molecule has 4 rings (SSSR count). The van der Waals surface area contributed by atoms with Gasteiger partial charge in [-0.15, -0.1) is 0 Å². The van der Waals surface area contributed by atoms with Gasteiger partial charge in [-0.1, -0.05) is 49.4 Å². The van der Waals surface area contributed by atoms with Gasteiger partial charge in [-0.05, 0) is 55.2 Å². The number of hydrogen-bond acceptors (Lipinski definition) is 7. The third kappa shape index (κ3) is 4.73. The first-order valence-electron chi connectivity index (χ1n) is 11.8. The fraction of sp³-hybridized carbons (Fsp3) is 0.321. The standard InChI is InChI=1S/C28H30N2O5S/c1-7-35-27(32)24-17(4)29-28-30(25(24)19-10-8-18(9-11-19)16(2)3)26(31)23(36-28)15-20-14-21(33-5)12-13-22(20)34-6/h8-16,25H,7H2,1-6H3/b23-15-. The lowest BCUT2D eigenvalue weighted by Gasteiger charge is -2.25. The minimum Gasteiger partial charge on any atom is -0.497 e. The van der Waals surface area contributed by atoms with Gasteiger partial charge in [0.05, 0.1) is 42.7 Å². The van der Waals surface area contributed by atoms with Crippen LogP contribution in [0.25, 0.3) is 6.08 Å². The van der Waals surface area contributed by atoms with Gasteiger partial charge >= 0.3 is 5.97 Å². The van der Waals surface area contributed by atoms with E-state index in [0.29, 0.717) is 43.6 Å². The Morgan fingerprint density at radius 3 is 2.47 bits per heavy atom. The maximum absolute atomic E-state index is 13.8. The van der Waals surface area contributed by atoms with Crippen molar-refractivity contribution in [2.75, 3.05) is 20.8 Å². The summed E-state index contributed by atoms with van der Waals surface area (Å²) in [5, 5.41) is 0. The van der Waals surface area contributed by atoms with E-state index in [1.54, 1.807) is 50.8 Å². The summed E-state index contributed by atoms with van der Waals surface area (Å²) in [5.41, 5.74) is 3.38. The molecule has 0 radical (unpaired) electrons. The van der Waals surface area contributed by atoms with Gasteiger partial charge in [0, 0.05) is 5.56 Å². The van der Waals surface area contributed by atoms with Crippen LogP contribution in [0.3, 0.4) is 0 Å². The number of carbonyl (C=O) groups excluding carboxylic acids is 1. The molecule has 0 aliphatic carbocycles. The van der Waals surface area contributed by atoms with Crippen molar-refractivity contribution in [3.05, 3.63) is 90.1 Å². The monoisotopic (exact) mass is 506 g/mol. The normalized spacial score (nSPS) is 15.5.